The molecular formula is C15H23NO. The predicted molar refractivity (Wildman–Crippen MR) is 72.9 cm³/mol. The molecule has 94 valence electrons. The Bertz CT molecular complexity index is 388. The lowest BCUT2D eigenvalue weighted by Crippen LogP contribution is -2.12. The molecule has 17 heavy (non-hydrogen) atoms. The van der Waals surface area contributed by atoms with Crippen molar-refractivity contribution in [3.63, 3.8) is 0 Å². The second-order valence-corrected chi connectivity index (χ2v) is 5.99. The summed E-state index contributed by atoms with van der Waals surface area (Å²) in [6.07, 6.45) is 2.74. The summed E-state index contributed by atoms with van der Waals surface area (Å²) in [5, 5.41) is 3.51. The van der Waals surface area contributed by atoms with E-state index >= 15 is 0 Å². The van der Waals surface area contributed by atoms with Crippen molar-refractivity contribution < 1.29 is 4.74 Å². The molecule has 2 heteroatoms. The van der Waals surface area contributed by atoms with Crippen LogP contribution in [0.5, 0.6) is 5.75 Å². The van der Waals surface area contributed by atoms with E-state index in [1.807, 2.05) is 0 Å². The minimum atomic E-state index is 0.183. The molecule has 1 saturated carbocycles. The van der Waals surface area contributed by atoms with Gasteiger partial charge >= 0.3 is 0 Å². The molecule has 0 heterocycles. The van der Waals surface area contributed by atoms with E-state index in [1.54, 1.807) is 7.11 Å². The number of hydrogen-bond donors (Lipinski definition) is 1. The third-order valence-electron chi connectivity index (χ3n) is 3.34. The lowest BCUT2D eigenvalue weighted by molar-refractivity contribution is 0.416. The van der Waals surface area contributed by atoms with E-state index in [2.05, 4.69) is 44.3 Å². The fourth-order valence-corrected chi connectivity index (χ4v) is 1.89. The van der Waals surface area contributed by atoms with Crippen LogP contribution in [0.4, 0.5) is 5.69 Å². The number of anilines is 1. The molecule has 0 spiro atoms. The number of hydrogen-bond acceptors (Lipinski definition) is 2. The quantitative estimate of drug-likeness (QED) is 0.853. The number of ether oxygens (including phenoxy) is 1. The normalized spacial score (nSPS) is 15.8. The maximum atomic E-state index is 5.40. The average molecular weight is 233 g/mol. The highest BCUT2D eigenvalue weighted by Crippen LogP contribution is 2.34. The Kier molecular flexibility index (Phi) is 3.32. The molecule has 0 unspecified atom stereocenters. The van der Waals surface area contributed by atoms with Crippen LogP contribution in [0, 0.1) is 5.92 Å². The van der Waals surface area contributed by atoms with Crippen molar-refractivity contribution in [3.05, 3.63) is 23.8 Å². The third-order valence-corrected chi connectivity index (χ3v) is 3.34. The number of rotatable bonds is 4. The van der Waals surface area contributed by atoms with E-state index in [9.17, 15) is 0 Å². The van der Waals surface area contributed by atoms with Crippen molar-refractivity contribution in [1.82, 2.24) is 0 Å². The first kappa shape index (κ1) is 12.3. The first-order chi connectivity index (χ1) is 8.00. The first-order valence-electron chi connectivity index (χ1n) is 6.43. The summed E-state index contributed by atoms with van der Waals surface area (Å²) in [5.41, 5.74) is 2.66. The molecule has 0 bridgehead atoms. The zero-order valence-electron chi connectivity index (χ0n) is 11.3. The zero-order chi connectivity index (χ0) is 12.5. The minimum absolute atomic E-state index is 0.183. The molecule has 0 radical (unpaired) electrons. The topological polar surface area (TPSA) is 21.3 Å². The summed E-state index contributed by atoms with van der Waals surface area (Å²) in [4.78, 5) is 0. The van der Waals surface area contributed by atoms with Crippen LogP contribution in [0.3, 0.4) is 0 Å². The summed E-state index contributed by atoms with van der Waals surface area (Å²) in [6.45, 7) is 7.78. The van der Waals surface area contributed by atoms with Gasteiger partial charge in [-0.05, 0) is 41.9 Å². The van der Waals surface area contributed by atoms with Crippen molar-refractivity contribution >= 4 is 5.69 Å². The number of nitrogens with one attached hydrogen (secondary N) is 1. The van der Waals surface area contributed by atoms with Crippen LogP contribution in [0.1, 0.15) is 39.2 Å². The minimum Gasteiger partial charge on any atom is -0.495 e. The van der Waals surface area contributed by atoms with Crippen molar-refractivity contribution in [2.75, 3.05) is 19.0 Å². The summed E-state index contributed by atoms with van der Waals surface area (Å²) < 4.78 is 5.40. The molecule has 1 aliphatic rings. The van der Waals surface area contributed by atoms with Gasteiger partial charge in [-0.25, -0.2) is 0 Å². The van der Waals surface area contributed by atoms with Crippen molar-refractivity contribution in [1.29, 1.82) is 0 Å². The largest absolute Gasteiger partial charge is 0.495 e. The molecule has 0 aromatic heterocycles. The second-order valence-electron chi connectivity index (χ2n) is 5.99. The summed E-state index contributed by atoms with van der Waals surface area (Å²) in [7, 11) is 1.73. The van der Waals surface area contributed by atoms with Crippen molar-refractivity contribution in [2.45, 2.75) is 39.0 Å². The van der Waals surface area contributed by atoms with Gasteiger partial charge in [-0.1, -0.05) is 26.8 Å². The first-order valence-corrected chi connectivity index (χ1v) is 6.43. The number of methoxy groups -OCH3 is 1. The van der Waals surface area contributed by atoms with Gasteiger partial charge in [0.2, 0.25) is 0 Å². The Morgan fingerprint density at radius 3 is 2.53 bits per heavy atom. The lowest BCUT2D eigenvalue weighted by atomic mass is 9.87. The monoisotopic (exact) mass is 233 g/mol. The highest BCUT2D eigenvalue weighted by atomic mass is 16.5. The SMILES string of the molecule is COc1ccc(C(C)(C)C)cc1NCC1CC1. The summed E-state index contributed by atoms with van der Waals surface area (Å²) >= 11 is 0. The van der Waals surface area contributed by atoms with E-state index in [4.69, 9.17) is 4.74 Å². The van der Waals surface area contributed by atoms with Gasteiger partial charge in [0.15, 0.2) is 0 Å². The van der Waals surface area contributed by atoms with Gasteiger partial charge < -0.3 is 10.1 Å². The van der Waals surface area contributed by atoms with Crippen molar-refractivity contribution in [2.24, 2.45) is 5.92 Å². The van der Waals surface area contributed by atoms with Gasteiger partial charge in [0, 0.05) is 6.54 Å². The van der Waals surface area contributed by atoms with E-state index in [1.165, 1.54) is 18.4 Å². The maximum absolute atomic E-state index is 5.40. The van der Waals surface area contributed by atoms with Crippen LogP contribution in [0.25, 0.3) is 0 Å². The Labute approximate surface area is 104 Å². The van der Waals surface area contributed by atoms with Gasteiger partial charge in [-0.15, -0.1) is 0 Å². The second kappa shape index (κ2) is 4.59. The van der Waals surface area contributed by atoms with E-state index < -0.39 is 0 Å². The fourth-order valence-electron chi connectivity index (χ4n) is 1.89. The molecule has 0 atom stereocenters. The van der Waals surface area contributed by atoms with E-state index in [-0.39, 0.29) is 5.41 Å². The highest BCUT2D eigenvalue weighted by Gasteiger charge is 2.22. The van der Waals surface area contributed by atoms with Gasteiger partial charge in [-0.3, -0.25) is 0 Å². The Balaban J connectivity index is 2.18. The van der Waals surface area contributed by atoms with Crippen molar-refractivity contribution in [3.8, 4) is 5.75 Å². The highest BCUT2D eigenvalue weighted by molar-refractivity contribution is 5.59. The van der Waals surface area contributed by atoms with Gasteiger partial charge in [0.05, 0.1) is 12.8 Å². The van der Waals surface area contributed by atoms with E-state index in [0.717, 1.165) is 23.9 Å². The van der Waals surface area contributed by atoms with Crippen LogP contribution in [0.2, 0.25) is 0 Å². The molecule has 0 aliphatic heterocycles. The summed E-state index contributed by atoms with van der Waals surface area (Å²) in [5.74, 6) is 1.82. The van der Waals surface area contributed by atoms with Crippen LogP contribution >= 0.6 is 0 Å². The van der Waals surface area contributed by atoms with E-state index in [0.29, 0.717) is 0 Å². The lowest BCUT2D eigenvalue weighted by Gasteiger charge is -2.21. The molecular weight excluding hydrogens is 210 g/mol. The molecule has 2 nitrogen and oxygen atoms in total. The summed E-state index contributed by atoms with van der Waals surface area (Å²) in [6, 6.07) is 6.44. The van der Waals surface area contributed by atoms with Gasteiger partial charge in [-0.2, -0.15) is 0 Å². The number of benzene rings is 1. The van der Waals surface area contributed by atoms with Gasteiger partial charge in [0.25, 0.3) is 0 Å². The molecule has 1 aromatic rings. The van der Waals surface area contributed by atoms with Gasteiger partial charge in [0.1, 0.15) is 5.75 Å². The molecule has 2 rings (SSSR count). The zero-order valence-corrected chi connectivity index (χ0v) is 11.3. The maximum Gasteiger partial charge on any atom is 0.141 e. The molecule has 0 amide bonds. The molecule has 1 aliphatic carbocycles. The Hall–Kier alpha value is -1.18. The fraction of sp³-hybridized carbons (Fsp3) is 0.600. The van der Waals surface area contributed by atoms with Crippen LogP contribution in [-0.4, -0.2) is 13.7 Å². The van der Waals surface area contributed by atoms with Crippen LogP contribution < -0.4 is 10.1 Å². The Morgan fingerprint density at radius 1 is 1.29 bits per heavy atom. The molecule has 1 aromatic carbocycles. The smallest absolute Gasteiger partial charge is 0.141 e. The van der Waals surface area contributed by atoms with Crippen LogP contribution in [0.15, 0.2) is 18.2 Å². The standard InChI is InChI=1S/C15H23NO/c1-15(2,3)12-7-8-14(17-4)13(9-12)16-10-11-5-6-11/h7-9,11,16H,5-6,10H2,1-4H3. The molecule has 0 saturated heterocycles. The Morgan fingerprint density at radius 2 is 2.00 bits per heavy atom. The predicted octanol–water partition coefficient (Wildman–Crippen LogP) is 3.81. The third kappa shape index (κ3) is 3.15. The average Bonchev–Trinajstić information content (AvgIpc) is 3.08. The molecule has 1 fully saturated rings. The van der Waals surface area contributed by atoms with Crippen LogP contribution in [-0.2, 0) is 5.41 Å². The molecule has 1 N–H and O–H groups in total.